The molecule has 1 unspecified atom stereocenters. The van der Waals surface area contributed by atoms with Gasteiger partial charge in [0.05, 0.1) is 23.2 Å². The highest BCUT2D eigenvalue weighted by atomic mass is 32.2. The van der Waals surface area contributed by atoms with Crippen molar-refractivity contribution in [1.82, 2.24) is 9.88 Å². The molecule has 38 heavy (non-hydrogen) atoms. The molecule has 1 aromatic heterocycles. The number of carbonyl (C=O) groups is 1. The molecule has 3 heterocycles. The van der Waals surface area contributed by atoms with Crippen molar-refractivity contribution in [1.29, 1.82) is 5.26 Å². The number of hydrogen-bond donors (Lipinski definition) is 1. The molecule has 0 saturated carbocycles. The Balaban J connectivity index is 1.28. The fourth-order valence-corrected chi connectivity index (χ4v) is 6.00. The average Bonchev–Trinajstić information content (AvgIpc) is 3.43. The summed E-state index contributed by atoms with van der Waals surface area (Å²) in [6, 6.07) is 18.2. The molecule has 7 nitrogen and oxygen atoms in total. The van der Waals surface area contributed by atoms with E-state index in [1.807, 2.05) is 18.2 Å². The maximum absolute atomic E-state index is 11.3. The van der Waals surface area contributed by atoms with Crippen molar-refractivity contribution < 1.29 is 14.6 Å². The number of aliphatic imine (C=N–C) groups is 1. The Morgan fingerprint density at radius 2 is 1.97 bits per heavy atom. The summed E-state index contributed by atoms with van der Waals surface area (Å²) in [5.41, 5.74) is 6.85. The molecule has 1 fully saturated rings. The van der Waals surface area contributed by atoms with Gasteiger partial charge in [0.2, 0.25) is 0 Å². The molecule has 1 saturated heterocycles. The summed E-state index contributed by atoms with van der Waals surface area (Å²) in [7, 11) is 0. The van der Waals surface area contributed by atoms with Crippen LogP contribution in [0.2, 0.25) is 0 Å². The first-order valence-electron chi connectivity index (χ1n) is 12.8. The van der Waals surface area contributed by atoms with E-state index in [-0.39, 0.29) is 12.0 Å². The van der Waals surface area contributed by atoms with Crippen LogP contribution in [-0.2, 0) is 11.4 Å². The lowest BCUT2D eigenvalue weighted by molar-refractivity contribution is -0.143. The first kappa shape index (κ1) is 25.8. The number of carboxylic acids is 1. The topological polar surface area (TPSA) is 98.8 Å². The Morgan fingerprint density at radius 3 is 2.66 bits per heavy atom. The average molecular weight is 527 g/mol. The number of nitrogens with zero attached hydrogens (tertiary/aromatic N) is 4. The van der Waals surface area contributed by atoms with Crippen molar-refractivity contribution in [3.63, 3.8) is 0 Å². The monoisotopic (exact) mass is 526 g/mol. The second-order valence-corrected chi connectivity index (χ2v) is 10.8. The molecule has 2 aromatic carbocycles. The number of nitriles is 1. The first-order chi connectivity index (χ1) is 18.4. The molecular weight excluding hydrogens is 496 g/mol. The molecule has 8 heteroatoms. The van der Waals surface area contributed by atoms with Crippen LogP contribution < -0.4 is 4.74 Å². The number of amidine groups is 1. The van der Waals surface area contributed by atoms with Crippen LogP contribution in [0.1, 0.15) is 46.7 Å². The molecule has 0 bridgehead atoms. The number of aryl methyl sites for hydroxylation is 2. The van der Waals surface area contributed by atoms with Gasteiger partial charge in [-0.2, -0.15) is 5.26 Å². The third-order valence-corrected chi connectivity index (χ3v) is 8.29. The van der Waals surface area contributed by atoms with E-state index in [9.17, 15) is 9.90 Å². The van der Waals surface area contributed by atoms with Crippen molar-refractivity contribution in [2.45, 2.75) is 39.3 Å². The van der Waals surface area contributed by atoms with E-state index in [0.717, 1.165) is 57.7 Å². The molecule has 2 aliphatic rings. The van der Waals surface area contributed by atoms with Gasteiger partial charge in [0.15, 0.2) is 5.17 Å². The van der Waals surface area contributed by atoms with Gasteiger partial charge < -0.3 is 14.7 Å². The Hall–Kier alpha value is -3.83. The molecule has 0 radical (unpaired) electrons. The number of hydrogen-bond acceptors (Lipinski definition) is 7. The Morgan fingerprint density at radius 1 is 1.16 bits per heavy atom. The van der Waals surface area contributed by atoms with Crippen molar-refractivity contribution in [3.8, 4) is 23.1 Å². The number of thioether (sulfide) groups is 1. The Kier molecular flexibility index (Phi) is 7.66. The summed E-state index contributed by atoms with van der Waals surface area (Å²) < 4.78 is 6.36. The first-order valence-corrected chi connectivity index (χ1v) is 13.8. The van der Waals surface area contributed by atoms with Crippen LogP contribution in [0.4, 0.5) is 0 Å². The lowest BCUT2D eigenvalue weighted by atomic mass is 9.97. The predicted octanol–water partition coefficient (Wildman–Crippen LogP) is 5.76. The standard InChI is InChI=1S/C30H30N4O3S/c1-19-3-8-28(25(13-19)27-18-38-30(33-27)34-11-9-22(10-12-34)29(35)36)37-17-24-6-5-23(14-20(24)2)26-7-4-21(15-31)16-32-26/h3-8,13-14,16,22,27H,9-12,17-18H2,1-2H3,(H,35,36). The van der Waals surface area contributed by atoms with Crippen LogP contribution in [0.3, 0.4) is 0 Å². The lowest BCUT2D eigenvalue weighted by Gasteiger charge is -2.31. The van der Waals surface area contributed by atoms with Crippen molar-refractivity contribution >= 4 is 22.9 Å². The van der Waals surface area contributed by atoms with Crippen molar-refractivity contribution in [3.05, 3.63) is 82.5 Å². The van der Waals surface area contributed by atoms with E-state index in [0.29, 0.717) is 25.0 Å². The maximum atomic E-state index is 11.3. The fourth-order valence-electron chi connectivity index (χ4n) is 4.87. The number of likely N-dealkylation sites (tertiary alicyclic amines) is 1. The largest absolute Gasteiger partial charge is 0.489 e. The highest BCUT2D eigenvalue weighted by Gasteiger charge is 2.30. The summed E-state index contributed by atoms with van der Waals surface area (Å²) in [5.74, 6) is 0.747. The Bertz CT molecular complexity index is 1410. The lowest BCUT2D eigenvalue weighted by Crippen LogP contribution is -2.38. The van der Waals surface area contributed by atoms with Crippen LogP contribution in [-0.4, -0.2) is 45.0 Å². The van der Waals surface area contributed by atoms with Gasteiger partial charge in [-0.25, -0.2) is 0 Å². The molecule has 3 aromatic rings. The molecular formula is C30H30N4O3S. The zero-order valence-electron chi connectivity index (χ0n) is 21.6. The second kappa shape index (κ2) is 11.3. The van der Waals surface area contributed by atoms with E-state index < -0.39 is 5.97 Å². The number of benzene rings is 2. The number of rotatable bonds is 6. The molecule has 2 aliphatic heterocycles. The van der Waals surface area contributed by atoms with Gasteiger partial charge in [-0.1, -0.05) is 41.6 Å². The summed E-state index contributed by atoms with van der Waals surface area (Å²) >= 11 is 1.74. The van der Waals surface area contributed by atoms with Gasteiger partial charge in [-0.15, -0.1) is 0 Å². The molecule has 0 spiro atoms. The van der Waals surface area contributed by atoms with E-state index in [1.165, 1.54) is 5.56 Å². The number of aromatic nitrogens is 1. The molecule has 0 amide bonds. The van der Waals surface area contributed by atoms with Crippen LogP contribution in [0.15, 0.2) is 59.7 Å². The van der Waals surface area contributed by atoms with Crippen molar-refractivity contribution in [2.24, 2.45) is 10.9 Å². The van der Waals surface area contributed by atoms with Gasteiger partial charge in [-0.05, 0) is 62.1 Å². The predicted molar refractivity (Wildman–Crippen MR) is 149 cm³/mol. The highest BCUT2D eigenvalue weighted by molar-refractivity contribution is 8.14. The smallest absolute Gasteiger partial charge is 0.306 e. The summed E-state index contributed by atoms with van der Waals surface area (Å²) in [6.07, 6.45) is 2.92. The van der Waals surface area contributed by atoms with Gasteiger partial charge >= 0.3 is 5.97 Å². The second-order valence-electron chi connectivity index (χ2n) is 9.85. The maximum Gasteiger partial charge on any atom is 0.306 e. The minimum absolute atomic E-state index is 0.00743. The molecule has 1 N–H and O–H groups in total. The van der Waals surface area contributed by atoms with E-state index in [4.69, 9.17) is 15.0 Å². The minimum atomic E-state index is -0.694. The number of ether oxygens (including phenoxy) is 1. The van der Waals surface area contributed by atoms with Gasteiger partial charge in [-0.3, -0.25) is 14.8 Å². The Labute approximate surface area is 227 Å². The van der Waals surface area contributed by atoms with Crippen LogP contribution in [0, 0.1) is 31.1 Å². The summed E-state index contributed by atoms with van der Waals surface area (Å²) in [6.45, 7) is 6.07. The SMILES string of the molecule is Cc1ccc(OCc2ccc(-c3ccc(C#N)cn3)cc2C)c(C2CSC(N3CCC(C(=O)O)CC3)=N2)c1. The summed E-state index contributed by atoms with van der Waals surface area (Å²) in [4.78, 5) is 23.0. The zero-order valence-corrected chi connectivity index (χ0v) is 22.4. The van der Waals surface area contributed by atoms with Crippen LogP contribution in [0.25, 0.3) is 11.3 Å². The van der Waals surface area contributed by atoms with Crippen LogP contribution >= 0.6 is 11.8 Å². The number of aliphatic carboxylic acids is 1. The molecule has 1 atom stereocenters. The van der Waals surface area contributed by atoms with E-state index in [1.54, 1.807) is 24.0 Å². The highest BCUT2D eigenvalue weighted by Crippen LogP contribution is 2.38. The van der Waals surface area contributed by atoms with E-state index >= 15 is 0 Å². The molecule has 5 rings (SSSR count). The molecule has 194 valence electrons. The van der Waals surface area contributed by atoms with Gasteiger partial charge in [0.1, 0.15) is 18.4 Å². The summed E-state index contributed by atoms with van der Waals surface area (Å²) in [5, 5.41) is 19.3. The fraction of sp³-hybridized carbons (Fsp3) is 0.333. The number of carboxylic acid groups (broad SMARTS) is 1. The number of pyridine rings is 1. The third-order valence-electron chi connectivity index (χ3n) is 7.19. The van der Waals surface area contributed by atoms with Gasteiger partial charge in [0, 0.05) is 36.2 Å². The normalized spacial score (nSPS) is 17.7. The minimum Gasteiger partial charge on any atom is -0.489 e. The van der Waals surface area contributed by atoms with Crippen LogP contribution in [0.5, 0.6) is 5.75 Å². The molecule has 0 aliphatic carbocycles. The number of piperidine rings is 1. The quantitative estimate of drug-likeness (QED) is 0.436. The third kappa shape index (κ3) is 5.68. The van der Waals surface area contributed by atoms with E-state index in [2.05, 4.69) is 54.1 Å². The van der Waals surface area contributed by atoms with Crippen molar-refractivity contribution in [2.75, 3.05) is 18.8 Å². The van der Waals surface area contributed by atoms with Gasteiger partial charge in [0.25, 0.3) is 0 Å². The zero-order chi connectivity index (χ0) is 26.6.